The zero-order chi connectivity index (χ0) is 14.2. The van der Waals surface area contributed by atoms with Crippen molar-refractivity contribution in [3.8, 4) is 0 Å². The Balaban J connectivity index is 1.66. The predicted molar refractivity (Wildman–Crippen MR) is 87.3 cm³/mol. The maximum atomic E-state index is 3.97. The van der Waals surface area contributed by atoms with Gasteiger partial charge in [-0.1, -0.05) is 13.8 Å². The molecule has 0 radical (unpaired) electrons. The fraction of sp³-hybridized carbons (Fsp3) is 1.00. The molecule has 3 heteroatoms. The number of hydrogen-bond acceptors (Lipinski definition) is 3. The molecule has 2 saturated heterocycles. The molecule has 1 unspecified atom stereocenters. The first-order chi connectivity index (χ1) is 9.81. The Labute approximate surface area is 126 Å². The van der Waals surface area contributed by atoms with Crippen LogP contribution >= 0.6 is 0 Å². The van der Waals surface area contributed by atoms with E-state index in [0.717, 1.165) is 12.1 Å². The van der Waals surface area contributed by atoms with Crippen molar-refractivity contribution in [2.75, 3.05) is 39.3 Å². The summed E-state index contributed by atoms with van der Waals surface area (Å²) in [4.78, 5) is 5.29. The van der Waals surface area contributed by atoms with E-state index in [1.807, 2.05) is 0 Å². The second-order valence-corrected chi connectivity index (χ2v) is 6.75. The second kappa shape index (κ2) is 9.01. The molecule has 118 valence electrons. The first-order valence-electron chi connectivity index (χ1n) is 9.02. The van der Waals surface area contributed by atoms with E-state index in [2.05, 4.69) is 29.0 Å². The standard InChI is InChI=1S/C17H35N3/c1-3-10-19-12-5-6-16(7-13-19)18-17-8-14-20(11-4-2)15-9-17/h16-18H,3-15H2,1-2H3. The minimum Gasteiger partial charge on any atom is -0.311 e. The molecule has 2 fully saturated rings. The van der Waals surface area contributed by atoms with Gasteiger partial charge in [0, 0.05) is 12.1 Å². The lowest BCUT2D eigenvalue weighted by Crippen LogP contribution is -2.46. The molecule has 0 aromatic rings. The number of nitrogens with one attached hydrogen (secondary N) is 1. The first-order valence-corrected chi connectivity index (χ1v) is 9.02. The first kappa shape index (κ1) is 16.3. The molecule has 2 aliphatic heterocycles. The van der Waals surface area contributed by atoms with Crippen LogP contribution in [-0.2, 0) is 0 Å². The third kappa shape index (κ3) is 5.34. The van der Waals surface area contributed by atoms with E-state index in [1.54, 1.807) is 0 Å². The molecule has 2 rings (SSSR count). The van der Waals surface area contributed by atoms with Gasteiger partial charge in [-0.15, -0.1) is 0 Å². The highest BCUT2D eigenvalue weighted by atomic mass is 15.2. The van der Waals surface area contributed by atoms with Crippen LogP contribution in [0.25, 0.3) is 0 Å². The molecule has 0 saturated carbocycles. The second-order valence-electron chi connectivity index (χ2n) is 6.75. The predicted octanol–water partition coefficient (Wildman–Crippen LogP) is 2.71. The molecule has 0 aromatic carbocycles. The topological polar surface area (TPSA) is 18.5 Å². The summed E-state index contributed by atoms with van der Waals surface area (Å²) >= 11 is 0. The minimum atomic E-state index is 0.777. The van der Waals surface area contributed by atoms with Crippen molar-refractivity contribution in [2.45, 2.75) is 70.9 Å². The lowest BCUT2D eigenvalue weighted by Gasteiger charge is -2.34. The van der Waals surface area contributed by atoms with Gasteiger partial charge in [0.1, 0.15) is 0 Å². The molecule has 0 amide bonds. The van der Waals surface area contributed by atoms with E-state index >= 15 is 0 Å². The van der Waals surface area contributed by atoms with Crippen LogP contribution in [0.1, 0.15) is 58.8 Å². The summed E-state index contributed by atoms with van der Waals surface area (Å²) in [6.07, 6.45) is 9.43. The fourth-order valence-corrected chi connectivity index (χ4v) is 3.84. The molecule has 20 heavy (non-hydrogen) atoms. The zero-order valence-electron chi connectivity index (χ0n) is 13.7. The van der Waals surface area contributed by atoms with Gasteiger partial charge < -0.3 is 15.1 Å². The number of likely N-dealkylation sites (tertiary alicyclic amines) is 2. The van der Waals surface area contributed by atoms with E-state index in [0.29, 0.717) is 0 Å². The van der Waals surface area contributed by atoms with Gasteiger partial charge in [-0.2, -0.15) is 0 Å². The third-order valence-electron chi connectivity index (χ3n) is 4.96. The van der Waals surface area contributed by atoms with E-state index in [9.17, 15) is 0 Å². The smallest absolute Gasteiger partial charge is 0.00940 e. The van der Waals surface area contributed by atoms with E-state index in [1.165, 1.54) is 84.2 Å². The van der Waals surface area contributed by atoms with Gasteiger partial charge in [0.15, 0.2) is 0 Å². The SMILES string of the molecule is CCCN1CCCC(NC2CCN(CCC)CC2)CC1. The Bertz CT molecular complexity index is 249. The maximum absolute atomic E-state index is 3.97. The van der Waals surface area contributed by atoms with Crippen LogP contribution in [-0.4, -0.2) is 61.2 Å². The molecule has 0 spiro atoms. The molecule has 2 aliphatic rings. The summed E-state index contributed by atoms with van der Waals surface area (Å²) in [6, 6.07) is 1.56. The summed E-state index contributed by atoms with van der Waals surface area (Å²) in [6.45, 7) is 12.4. The van der Waals surface area contributed by atoms with Gasteiger partial charge in [-0.3, -0.25) is 0 Å². The molecule has 0 aliphatic carbocycles. The molecular formula is C17H35N3. The maximum Gasteiger partial charge on any atom is 0.00940 e. The Morgan fingerprint density at radius 1 is 0.750 bits per heavy atom. The third-order valence-corrected chi connectivity index (χ3v) is 4.96. The van der Waals surface area contributed by atoms with Crippen LogP contribution < -0.4 is 5.32 Å². The summed E-state index contributed by atoms with van der Waals surface area (Å²) in [5.41, 5.74) is 0. The van der Waals surface area contributed by atoms with E-state index in [-0.39, 0.29) is 0 Å². The van der Waals surface area contributed by atoms with Gasteiger partial charge in [0.25, 0.3) is 0 Å². The van der Waals surface area contributed by atoms with Crippen LogP contribution in [0.5, 0.6) is 0 Å². The average Bonchev–Trinajstić information content (AvgIpc) is 2.68. The highest BCUT2D eigenvalue weighted by Crippen LogP contribution is 2.16. The van der Waals surface area contributed by atoms with Crippen molar-refractivity contribution in [1.82, 2.24) is 15.1 Å². The van der Waals surface area contributed by atoms with E-state index < -0.39 is 0 Å². The molecule has 1 N–H and O–H groups in total. The summed E-state index contributed by atoms with van der Waals surface area (Å²) in [5.74, 6) is 0. The Morgan fingerprint density at radius 3 is 1.80 bits per heavy atom. The normalized spacial score (nSPS) is 27.6. The lowest BCUT2D eigenvalue weighted by molar-refractivity contribution is 0.188. The summed E-state index contributed by atoms with van der Waals surface area (Å²) < 4.78 is 0. The number of piperidine rings is 1. The monoisotopic (exact) mass is 281 g/mol. The van der Waals surface area contributed by atoms with Gasteiger partial charge in [-0.05, 0) is 84.2 Å². The van der Waals surface area contributed by atoms with Gasteiger partial charge in [0.2, 0.25) is 0 Å². The van der Waals surface area contributed by atoms with Crippen molar-refractivity contribution in [3.05, 3.63) is 0 Å². The van der Waals surface area contributed by atoms with Crippen LogP contribution in [0.3, 0.4) is 0 Å². The van der Waals surface area contributed by atoms with Gasteiger partial charge >= 0.3 is 0 Å². The van der Waals surface area contributed by atoms with Crippen molar-refractivity contribution in [3.63, 3.8) is 0 Å². The molecular weight excluding hydrogens is 246 g/mol. The van der Waals surface area contributed by atoms with Gasteiger partial charge in [-0.25, -0.2) is 0 Å². The van der Waals surface area contributed by atoms with Crippen LogP contribution in [0.2, 0.25) is 0 Å². The lowest BCUT2D eigenvalue weighted by atomic mass is 10.0. The Hall–Kier alpha value is -0.120. The van der Waals surface area contributed by atoms with Crippen molar-refractivity contribution < 1.29 is 0 Å². The quantitative estimate of drug-likeness (QED) is 0.807. The van der Waals surface area contributed by atoms with Crippen molar-refractivity contribution in [1.29, 1.82) is 0 Å². The average molecular weight is 281 g/mol. The summed E-state index contributed by atoms with van der Waals surface area (Å²) in [7, 11) is 0. The number of hydrogen-bond donors (Lipinski definition) is 1. The highest BCUT2D eigenvalue weighted by Gasteiger charge is 2.22. The Morgan fingerprint density at radius 2 is 1.25 bits per heavy atom. The molecule has 1 atom stereocenters. The molecule has 3 nitrogen and oxygen atoms in total. The van der Waals surface area contributed by atoms with E-state index in [4.69, 9.17) is 0 Å². The Kier molecular flexibility index (Phi) is 7.32. The number of nitrogens with zero attached hydrogens (tertiary/aromatic N) is 2. The molecule has 0 aromatic heterocycles. The molecule has 2 heterocycles. The van der Waals surface area contributed by atoms with Gasteiger partial charge in [0.05, 0.1) is 0 Å². The van der Waals surface area contributed by atoms with Crippen LogP contribution in [0.4, 0.5) is 0 Å². The largest absolute Gasteiger partial charge is 0.311 e. The highest BCUT2D eigenvalue weighted by molar-refractivity contribution is 4.82. The van der Waals surface area contributed by atoms with Crippen LogP contribution in [0, 0.1) is 0 Å². The summed E-state index contributed by atoms with van der Waals surface area (Å²) in [5, 5.41) is 3.97. The zero-order valence-corrected chi connectivity index (χ0v) is 13.7. The fourth-order valence-electron chi connectivity index (χ4n) is 3.84. The van der Waals surface area contributed by atoms with Crippen LogP contribution in [0.15, 0.2) is 0 Å². The minimum absolute atomic E-state index is 0.777. The van der Waals surface area contributed by atoms with Crippen molar-refractivity contribution in [2.24, 2.45) is 0 Å². The van der Waals surface area contributed by atoms with Crippen molar-refractivity contribution >= 4 is 0 Å². The molecule has 0 bridgehead atoms. The number of rotatable bonds is 6.